The van der Waals surface area contributed by atoms with Gasteiger partial charge in [0.15, 0.2) is 5.78 Å². The molecule has 0 saturated heterocycles. The van der Waals surface area contributed by atoms with E-state index in [4.69, 9.17) is 14.3 Å². The molecule has 2 rings (SSSR count). The number of carbonyl (C=O) groups excluding carboxylic acids is 2. The molecule has 1 aliphatic rings. The molecule has 0 bridgehead atoms. The number of para-hydroxylation sites is 1. The summed E-state index contributed by atoms with van der Waals surface area (Å²) in [5.74, 6) is -0.280. The fraction of sp³-hybridized carbons (Fsp3) is 0.250. The van der Waals surface area contributed by atoms with Gasteiger partial charge in [-0.15, -0.1) is 0 Å². The summed E-state index contributed by atoms with van der Waals surface area (Å²) in [6.45, 7) is 3.66. The molecule has 1 aromatic carbocycles. The molecule has 0 fully saturated rings. The van der Waals surface area contributed by atoms with E-state index in [2.05, 4.69) is 5.48 Å². The fourth-order valence-electron chi connectivity index (χ4n) is 1.84. The third-order valence-corrected chi connectivity index (χ3v) is 2.81. The first kappa shape index (κ1) is 15.8. The average molecular weight is 303 g/mol. The average Bonchev–Trinajstić information content (AvgIpc) is 2.49. The third-order valence-electron chi connectivity index (χ3n) is 2.81. The Hall–Kier alpha value is -2.60. The number of ketones is 1. The van der Waals surface area contributed by atoms with Crippen LogP contribution >= 0.6 is 0 Å². The van der Waals surface area contributed by atoms with Crippen molar-refractivity contribution in [3.05, 3.63) is 53.4 Å². The van der Waals surface area contributed by atoms with Crippen LogP contribution in [0.5, 0.6) is 5.75 Å². The quantitative estimate of drug-likeness (QED) is 0.374. The molecule has 0 aromatic heterocycles. The number of nitrogens with one attached hydrogen (secondary N) is 1. The summed E-state index contributed by atoms with van der Waals surface area (Å²) < 4.78 is 10.5. The lowest BCUT2D eigenvalue weighted by atomic mass is 10.1. The number of esters is 1. The minimum absolute atomic E-state index is 0.0208. The van der Waals surface area contributed by atoms with E-state index in [1.165, 1.54) is 6.08 Å². The Labute approximate surface area is 128 Å². The Balaban J connectivity index is 2.23. The molecule has 22 heavy (non-hydrogen) atoms. The van der Waals surface area contributed by atoms with Crippen molar-refractivity contribution in [3.63, 3.8) is 0 Å². The molecular weight excluding hydrogens is 286 g/mol. The Kier molecular flexibility index (Phi) is 5.32. The van der Waals surface area contributed by atoms with Gasteiger partial charge in [-0.05, 0) is 26.0 Å². The second-order valence-electron chi connectivity index (χ2n) is 4.50. The van der Waals surface area contributed by atoms with Crippen molar-refractivity contribution in [1.82, 2.24) is 5.48 Å². The predicted molar refractivity (Wildman–Crippen MR) is 78.6 cm³/mol. The van der Waals surface area contributed by atoms with Crippen LogP contribution in [0.15, 0.2) is 53.4 Å². The maximum atomic E-state index is 12.0. The number of allylic oxidation sites excluding steroid dienone is 2. The minimum Gasteiger partial charge on any atom is -0.487 e. The Morgan fingerprint density at radius 3 is 2.59 bits per heavy atom. The van der Waals surface area contributed by atoms with Gasteiger partial charge >= 0.3 is 5.97 Å². The smallest absolute Gasteiger partial charge is 0.349 e. The number of hydroxylamine groups is 1. The first-order valence-corrected chi connectivity index (χ1v) is 6.85. The SMILES string of the molecule is CCONC(COc1ccccc1)=C1C(=O)C=C(C)OC1=O. The standard InChI is InChI=1S/C16H17NO5/c1-3-21-17-13(10-20-12-7-5-4-6-8-12)15-14(18)9-11(2)22-16(15)19/h4-9,17H,3,10H2,1-2H3. The van der Waals surface area contributed by atoms with Crippen molar-refractivity contribution in [1.29, 1.82) is 0 Å². The number of hydrogen-bond donors (Lipinski definition) is 1. The summed E-state index contributed by atoms with van der Waals surface area (Å²) in [6.07, 6.45) is 1.26. The van der Waals surface area contributed by atoms with Crippen LogP contribution in [0, 0.1) is 0 Å². The van der Waals surface area contributed by atoms with Crippen molar-refractivity contribution in [2.24, 2.45) is 0 Å². The topological polar surface area (TPSA) is 73.9 Å². The molecule has 0 unspecified atom stereocenters. The molecule has 1 N–H and O–H groups in total. The third kappa shape index (κ3) is 3.95. The van der Waals surface area contributed by atoms with Gasteiger partial charge in [-0.25, -0.2) is 4.79 Å². The summed E-state index contributed by atoms with van der Waals surface area (Å²) in [4.78, 5) is 29.1. The Bertz CT molecular complexity index is 619. The van der Waals surface area contributed by atoms with E-state index >= 15 is 0 Å². The molecule has 6 nitrogen and oxygen atoms in total. The monoisotopic (exact) mass is 303 g/mol. The van der Waals surface area contributed by atoms with E-state index in [0.29, 0.717) is 12.4 Å². The summed E-state index contributed by atoms with van der Waals surface area (Å²) >= 11 is 0. The summed E-state index contributed by atoms with van der Waals surface area (Å²) in [5, 5.41) is 0. The number of benzene rings is 1. The predicted octanol–water partition coefficient (Wildman–Crippen LogP) is 1.89. The largest absolute Gasteiger partial charge is 0.487 e. The van der Waals surface area contributed by atoms with Gasteiger partial charge in [0.1, 0.15) is 23.7 Å². The van der Waals surface area contributed by atoms with Gasteiger partial charge in [0.2, 0.25) is 0 Å². The Morgan fingerprint density at radius 1 is 1.23 bits per heavy atom. The lowest BCUT2D eigenvalue weighted by Crippen LogP contribution is -2.29. The van der Waals surface area contributed by atoms with Crippen LogP contribution in [0.1, 0.15) is 13.8 Å². The number of rotatable bonds is 6. The zero-order valence-corrected chi connectivity index (χ0v) is 12.4. The normalized spacial score (nSPS) is 16.7. The van der Waals surface area contributed by atoms with Crippen LogP contribution in [0.2, 0.25) is 0 Å². The van der Waals surface area contributed by atoms with Gasteiger partial charge in [0, 0.05) is 6.08 Å². The maximum Gasteiger partial charge on any atom is 0.349 e. The molecular formula is C16H17NO5. The van der Waals surface area contributed by atoms with E-state index in [1.807, 2.05) is 18.2 Å². The molecule has 0 aliphatic carbocycles. The van der Waals surface area contributed by atoms with E-state index in [9.17, 15) is 9.59 Å². The van der Waals surface area contributed by atoms with Gasteiger partial charge < -0.3 is 9.47 Å². The first-order valence-electron chi connectivity index (χ1n) is 6.85. The van der Waals surface area contributed by atoms with Gasteiger partial charge in [-0.1, -0.05) is 18.2 Å². The number of carbonyl (C=O) groups is 2. The molecule has 0 spiro atoms. The highest BCUT2D eigenvalue weighted by atomic mass is 16.6. The van der Waals surface area contributed by atoms with E-state index in [-0.39, 0.29) is 23.6 Å². The number of ether oxygens (including phenoxy) is 2. The van der Waals surface area contributed by atoms with Crippen LogP contribution < -0.4 is 10.2 Å². The van der Waals surface area contributed by atoms with Crippen LogP contribution in [0.4, 0.5) is 0 Å². The lowest BCUT2D eigenvalue weighted by Gasteiger charge is -2.18. The van der Waals surface area contributed by atoms with E-state index in [1.54, 1.807) is 26.0 Å². The summed E-state index contributed by atoms with van der Waals surface area (Å²) in [5.41, 5.74) is 2.70. The van der Waals surface area contributed by atoms with E-state index < -0.39 is 11.8 Å². The van der Waals surface area contributed by atoms with Crippen molar-refractivity contribution in [3.8, 4) is 5.75 Å². The first-order chi connectivity index (χ1) is 10.6. The molecule has 116 valence electrons. The van der Waals surface area contributed by atoms with E-state index in [0.717, 1.165) is 0 Å². The highest BCUT2D eigenvalue weighted by molar-refractivity contribution is 6.24. The Morgan fingerprint density at radius 2 is 1.95 bits per heavy atom. The molecule has 0 radical (unpaired) electrons. The van der Waals surface area contributed by atoms with Gasteiger partial charge in [-0.3, -0.25) is 15.1 Å². The second-order valence-corrected chi connectivity index (χ2v) is 4.50. The maximum absolute atomic E-state index is 12.0. The molecule has 0 amide bonds. The fourth-order valence-corrected chi connectivity index (χ4v) is 1.84. The zero-order valence-electron chi connectivity index (χ0n) is 12.4. The van der Waals surface area contributed by atoms with Crippen LogP contribution in [-0.2, 0) is 19.2 Å². The van der Waals surface area contributed by atoms with Gasteiger partial charge in [-0.2, -0.15) is 0 Å². The van der Waals surface area contributed by atoms with Gasteiger partial charge in [0.05, 0.1) is 12.3 Å². The van der Waals surface area contributed by atoms with Crippen LogP contribution in [0.25, 0.3) is 0 Å². The van der Waals surface area contributed by atoms with Crippen LogP contribution in [-0.4, -0.2) is 25.0 Å². The number of hydrogen-bond acceptors (Lipinski definition) is 6. The molecule has 1 aliphatic heterocycles. The summed E-state index contributed by atoms with van der Waals surface area (Å²) in [7, 11) is 0. The molecule has 1 heterocycles. The van der Waals surface area contributed by atoms with Crippen LogP contribution in [0.3, 0.4) is 0 Å². The molecule has 6 heteroatoms. The second kappa shape index (κ2) is 7.42. The highest BCUT2D eigenvalue weighted by Gasteiger charge is 2.28. The highest BCUT2D eigenvalue weighted by Crippen LogP contribution is 2.18. The minimum atomic E-state index is -0.719. The molecule has 1 aromatic rings. The zero-order chi connectivity index (χ0) is 15.9. The van der Waals surface area contributed by atoms with Crippen molar-refractivity contribution in [2.45, 2.75) is 13.8 Å². The molecule has 0 atom stereocenters. The summed E-state index contributed by atoms with van der Waals surface area (Å²) in [6, 6.07) is 9.05. The van der Waals surface area contributed by atoms with Crippen molar-refractivity contribution < 1.29 is 23.9 Å². The number of cyclic esters (lactones) is 1. The van der Waals surface area contributed by atoms with Gasteiger partial charge in [0.25, 0.3) is 0 Å². The van der Waals surface area contributed by atoms with Crippen molar-refractivity contribution >= 4 is 11.8 Å². The molecule has 0 saturated carbocycles. The van der Waals surface area contributed by atoms with Crippen molar-refractivity contribution in [2.75, 3.05) is 13.2 Å². The lowest BCUT2D eigenvalue weighted by molar-refractivity contribution is -0.137.